The molecule has 0 amide bonds. The van der Waals surface area contributed by atoms with E-state index >= 15 is 0 Å². The fourth-order valence-corrected chi connectivity index (χ4v) is 1.21. The maximum absolute atomic E-state index is 13.3. The third-order valence-corrected chi connectivity index (χ3v) is 2.01. The van der Waals surface area contributed by atoms with Gasteiger partial charge in [0.2, 0.25) is 0 Å². The summed E-state index contributed by atoms with van der Waals surface area (Å²) in [5.74, 6) is -0.832. The Morgan fingerprint density at radius 1 is 1.16 bits per heavy atom. The van der Waals surface area contributed by atoms with Crippen molar-refractivity contribution in [1.29, 1.82) is 0 Å². The summed E-state index contributed by atoms with van der Waals surface area (Å²) in [4.78, 5) is 0. The maximum Gasteiger partial charge on any atom is 0.491 e. The van der Waals surface area contributed by atoms with Crippen molar-refractivity contribution in [3.8, 4) is 5.75 Å². The molecular formula is C10H11BF4O4. The van der Waals surface area contributed by atoms with Gasteiger partial charge in [0.1, 0.15) is 24.8 Å². The van der Waals surface area contributed by atoms with E-state index in [1.807, 2.05) is 0 Å². The van der Waals surface area contributed by atoms with Crippen LogP contribution in [0.4, 0.5) is 17.6 Å². The molecule has 0 bridgehead atoms. The van der Waals surface area contributed by atoms with E-state index in [9.17, 15) is 17.6 Å². The van der Waals surface area contributed by atoms with Crippen molar-refractivity contribution in [1.82, 2.24) is 0 Å². The van der Waals surface area contributed by atoms with Crippen molar-refractivity contribution in [2.75, 3.05) is 19.8 Å². The third kappa shape index (κ3) is 5.90. The third-order valence-electron chi connectivity index (χ3n) is 2.01. The molecule has 1 aromatic rings. The van der Waals surface area contributed by atoms with Gasteiger partial charge in [0, 0.05) is 11.5 Å². The van der Waals surface area contributed by atoms with Crippen molar-refractivity contribution in [2.24, 2.45) is 0 Å². The minimum atomic E-state index is -4.40. The maximum atomic E-state index is 13.3. The Hall–Kier alpha value is -1.32. The van der Waals surface area contributed by atoms with E-state index in [1.165, 1.54) is 6.07 Å². The quantitative estimate of drug-likeness (QED) is 0.452. The highest BCUT2D eigenvalue weighted by atomic mass is 19.4. The van der Waals surface area contributed by atoms with E-state index in [4.69, 9.17) is 14.8 Å². The largest absolute Gasteiger partial charge is 0.491 e. The molecule has 1 aromatic carbocycles. The van der Waals surface area contributed by atoms with Gasteiger partial charge < -0.3 is 19.5 Å². The number of hydrogen-bond acceptors (Lipinski definition) is 4. The molecule has 2 N–H and O–H groups in total. The van der Waals surface area contributed by atoms with E-state index in [2.05, 4.69) is 4.74 Å². The molecule has 106 valence electrons. The van der Waals surface area contributed by atoms with Crippen LogP contribution < -0.4 is 10.2 Å². The van der Waals surface area contributed by atoms with Crippen LogP contribution in [0.5, 0.6) is 5.75 Å². The van der Waals surface area contributed by atoms with Gasteiger partial charge in [0.05, 0.1) is 6.61 Å². The second-order valence-corrected chi connectivity index (χ2v) is 3.57. The van der Waals surface area contributed by atoms with Gasteiger partial charge in [0.25, 0.3) is 0 Å². The van der Waals surface area contributed by atoms with E-state index in [0.717, 1.165) is 12.1 Å². The van der Waals surface area contributed by atoms with Gasteiger partial charge in [-0.3, -0.25) is 0 Å². The van der Waals surface area contributed by atoms with Crippen LogP contribution in [0.1, 0.15) is 0 Å². The molecule has 0 aliphatic carbocycles. The van der Waals surface area contributed by atoms with Crippen molar-refractivity contribution in [3.05, 3.63) is 24.0 Å². The summed E-state index contributed by atoms with van der Waals surface area (Å²) in [6.07, 6.45) is -4.40. The SMILES string of the molecule is OB(O)c1ccc(OCCOCC(F)(F)F)cc1F. The van der Waals surface area contributed by atoms with E-state index in [0.29, 0.717) is 0 Å². The highest BCUT2D eigenvalue weighted by molar-refractivity contribution is 6.58. The molecule has 9 heteroatoms. The predicted molar refractivity (Wildman–Crippen MR) is 58.6 cm³/mol. The molecule has 1 rings (SSSR count). The number of benzene rings is 1. The predicted octanol–water partition coefficient (Wildman–Crippen LogP) is 0.463. The summed E-state index contributed by atoms with van der Waals surface area (Å²) in [6.45, 7) is -1.86. The highest BCUT2D eigenvalue weighted by Crippen LogP contribution is 2.14. The first-order valence-electron chi connectivity index (χ1n) is 5.22. The van der Waals surface area contributed by atoms with Crippen LogP contribution >= 0.6 is 0 Å². The summed E-state index contributed by atoms with van der Waals surface area (Å²) in [5.41, 5.74) is -0.319. The molecule has 0 aliphatic heterocycles. The monoisotopic (exact) mass is 282 g/mol. The van der Waals surface area contributed by atoms with E-state index in [1.54, 1.807) is 0 Å². The van der Waals surface area contributed by atoms with Gasteiger partial charge in [-0.2, -0.15) is 13.2 Å². The normalized spacial score (nSPS) is 11.5. The van der Waals surface area contributed by atoms with Crippen molar-refractivity contribution < 1.29 is 37.1 Å². The minimum Gasteiger partial charge on any atom is -0.491 e. The number of halogens is 4. The molecule has 0 fully saturated rings. The van der Waals surface area contributed by atoms with Gasteiger partial charge in [0.15, 0.2) is 0 Å². The molecule has 0 spiro atoms. The van der Waals surface area contributed by atoms with E-state index < -0.39 is 25.7 Å². The summed E-state index contributed by atoms with van der Waals surface area (Å²) in [5, 5.41) is 17.5. The lowest BCUT2D eigenvalue weighted by Crippen LogP contribution is -2.32. The first-order valence-corrected chi connectivity index (χ1v) is 5.22. The van der Waals surface area contributed by atoms with Gasteiger partial charge >= 0.3 is 13.3 Å². The molecule has 0 aromatic heterocycles. The van der Waals surface area contributed by atoms with Gasteiger partial charge in [-0.1, -0.05) is 6.07 Å². The topological polar surface area (TPSA) is 58.9 Å². The second kappa shape index (κ2) is 6.74. The molecule has 0 unspecified atom stereocenters. The second-order valence-electron chi connectivity index (χ2n) is 3.57. The Balaban J connectivity index is 2.36. The van der Waals surface area contributed by atoms with Crippen LogP contribution in [0, 0.1) is 5.82 Å². The summed E-state index contributed by atoms with van der Waals surface area (Å²) < 4.78 is 57.6. The van der Waals surface area contributed by atoms with Crippen LogP contribution in [0.3, 0.4) is 0 Å². The first-order chi connectivity index (χ1) is 8.79. The van der Waals surface area contributed by atoms with E-state index in [-0.39, 0.29) is 24.4 Å². The molecule has 19 heavy (non-hydrogen) atoms. The van der Waals surface area contributed by atoms with Gasteiger partial charge in [-0.15, -0.1) is 0 Å². The van der Waals surface area contributed by atoms with Crippen molar-refractivity contribution in [3.63, 3.8) is 0 Å². The van der Waals surface area contributed by atoms with Crippen LogP contribution in [-0.2, 0) is 4.74 Å². The minimum absolute atomic E-state index is 0.0532. The fraction of sp³-hybridized carbons (Fsp3) is 0.400. The molecule has 0 saturated carbocycles. The Bertz CT molecular complexity index is 411. The standard InChI is InChI=1S/C10H11BF4O4/c12-9-5-7(1-2-8(9)11(16)17)19-4-3-18-6-10(13,14)15/h1-2,5,16-17H,3-4,6H2. The van der Waals surface area contributed by atoms with Gasteiger partial charge in [-0.25, -0.2) is 4.39 Å². The van der Waals surface area contributed by atoms with Gasteiger partial charge in [-0.05, 0) is 6.07 Å². The first kappa shape index (κ1) is 15.7. The molecular weight excluding hydrogens is 271 g/mol. The Kier molecular flexibility index (Phi) is 5.58. The van der Waals surface area contributed by atoms with Crippen LogP contribution in [0.15, 0.2) is 18.2 Å². The van der Waals surface area contributed by atoms with Crippen molar-refractivity contribution in [2.45, 2.75) is 6.18 Å². The number of ether oxygens (including phenoxy) is 2. The molecule has 0 radical (unpaired) electrons. The summed E-state index contributed by atoms with van der Waals surface area (Å²) in [6, 6.07) is 3.27. The average molecular weight is 282 g/mol. The zero-order valence-electron chi connectivity index (χ0n) is 9.65. The lowest BCUT2D eigenvalue weighted by atomic mass is 9.80. The lowest BCUT2D eigenvalue weighted by molar-refractivity contribution is -0.175. The Morgan fingerprint density at radius 3 is 2.37 bits per heavy atom. The Morgan fingerprint density at radius 2 is 1.84 bits per heavy atom. The zero-order valence-corrected chi connectivity index (χ0v) is 9.65. The highest BCUT2D eigenvalue weighted by Gasteiger charge is 2.27. The fourth-order valence-electron chi connectivity index (χ4n) is 1.21. The molecule has 0 saturated heterocycles. The number of hydrogen-bond donors (Lipinski definition) is 2. The summed E-state index contributed by atoms with van der Waals surface area (Å²) in [7, 11) is -1.94. The molecule has 0 atom stereocenters. The molecule has 0 aliphatic rings. The Labute approximate surface area is 106 Å². The molecule has 4 nitrogen and oxygen atoms in total. The number of alkyl halides is 3. The van der Waals surface area contributed by atoms with Crippen LogP contribution in [-0.4, -0.2) is 43.2 Å². The molecule has 0 heterocycles. The lowest BCUT2D eigenvalue weighted by Gasteiger charge is -2.10. The average Bonchev–Trinajstić information content (AvgIpc) is 2.26. The number of rotatable bonds is 6. The smallest absolute Gasteiger partial charge is 0.491 e. The van der Waals surface area contributed by atoms with Crippen molar-refractivity contribution >= 4 is 12.6 Å². The zero-order chi connectivity index (χ0) is 14.5. The summed E-state index contributed by atoms with van der Waals surface area (Å²) >= 11 is 0. The van der Waals surface area contributed by atoms with Crippen LogP contribution in [0.2, 0.25) is 0 Å². The van der Waals surface area contributed by atoms with Crippen LogP contribution in [0.25, 0.3) is 0 Å².